The van der Waals surface area contributed by atoms with Gasteiger partial charge in [0.15, 0.2) is 5.76 Å². The van der Waals surface area contributed by atoms with Gasteiger partial charge in [-0.25, -0.2) is 4.79 Å². The number of imide groups is 1. The van der Waals surface area contributed by atoms with E-state index in [9.17, 15) is 19.2 Å². The molecule has 1 aliphatic heterocycles. The molecule has 4 rings (SSSR count). The van der Waals surface area contributed by atoms with Crippen molar-refractivity contribution in [3.05, 3.63) is 54.0 Å². The van der Waals surface area contributed by atoms with Gasteiger partial charge in [0, 0.05) is 25.2 Å². The third-order valence-electron chi connectivity index (χ3n) is 5.71. The van der Waals surface area contributed by atoms with Crippen molar-refractivity contribution >= 4 is 29.4 Å². The van der Waals surface area contributed by atoms with Crippen LogP contribution in [-0.4, -0.2) is 40.7 Å². The third-order valence-corrected chi connectivity index (χ3v) is 5.71. The minimum Gasteiger partial charge on any atom is -0.459 e. The lowest BCUT2D eigenvalue weighted by atomic mass is 9.98. The highest BCUT2D eigenvalue weighted by atomic mass is 16.3. The van der Waals surface area contributed by atoms with Gasteiger partial charge in [0.05, 0.1) is 6.26 Å². The summed E-state index contributed by atoms with van der Waals surface area (Å²) in [5, 5.41) is 8.31. The molecular formula is C22H24N4O5. The molecule has 2 aromatic rings. The first-order valence-corrected chi connectivity index (χ1v) is 10.3. The normalized spacial score (nSPS) is 17.1. The molecule has 1 aromatic carbocycles. The van der Waals surface area contributed by atoms with Crippen molar-refractivity contribution in [2.24, 2.45) is 0 Å². The number of carbonyl (C=O) groups excluding carboxylic acids is 4. The molecule has 0 unspecified atom stereocenters. The Bertz CT molecular complexity index is 978. The van der Waals surface area contributed by atoms with Crippen LogP contribution in [0.1, 0.15) is 48.2 Å². The van der Waals surface area contributed by atoms with Crippen molar-refractivity contribution in [3.8, 4) is 0 Å². The van der Waals surface area contributed by atoms with E-state index in [1.807, 2.05) is 0 Å². The fraction of sp³-hybridized carbons (Fsp3) is 0.364. The zero-order chi connectivity index (χ0) is 21.8. The highest BCUT2D eigenvalue weighted by molar-refractivity contribution is 6.07. The zero-order valence-electron chi connectivity index (χ0n) is 17.0. The van der Waals surface area contributed by atoms with Crippen LogP contribution < -0.4 is 16.0 Å². The number of benzene rings is 1. The maximum Gasteiger partial charge on any atom is 0.325 e. The first kappa shape index (κ1) is 20.6. The van der Waals surface area contributed by atoms with Gasteiger partial charge >= 0.3 is 6.03 Å². The lowest BCUT2D eigenvalue weighted by molar-refractivity contribution is -0.131. The summed E-state index contributed by atoms with van der Waals surface area (Å²) in [6, 6.07) is 9.85. The van der Waals surface area contributed by atoms with E-state index in [4.69, 9.17) is 4.42 Å². The lowest BCUT2D eigenvalue weighted by Crippen LogP contribution is -2.44. The number of hydrogen-bond acceptors (Lipinski definition) is 5. The molecule has 162 valence electrons. The first-order chi connectivity index (χ1) is 15.0. The van der Waals surface area contributed by atoms with Gasteiger partial charge in [-0.2, -0.15) is 0 Å². The number of amides is 5. The van der Waals surface area contributed by atoms with Crippen LogP contribution in [0.2, 0.25) is 0 Å². The molecule has 5 amide bonds. The number of hydrogen-bond donors (Lipinski definition) is 3. The Hall–Kier alpha value is -3.62. The summed E-state index contributed by atoms with van der Waals surface area (Å²) >= 11 is 0. The van der Waals surface area contributed by atoms with Gasteiger partial charge in [-0.1, -0.05) is 25.0 Å². The summed E-state index contributed by atoms with van der Waals surface area (Å²) in [5.41, 5.74) is 0.710. The van der Waals surface area contributed by atoms with Crippen molar-refractivity contribution < 1.29 is 23.6 Å². The second kappa shape index (κ2) is 8.63. The molecule has 1 saturated carbocycles. The quantitative estimate of drug-likeness (QED) is 0.590. The topological polar surface area (TPSA) is 121 Å². The summed E-state index contributed by atoms with van der Waals surface area (Å²) in [4.78, 5) is 50.1. The van der Waals surface area contributed by atoms with Crippen molar-refractivity contribution in [3.63, 3.8) is 0 Å². The van der Waals surface area contributed by atoms with E-state index in [0.717, 1.165) is 23.3 Å². The standard InChI is InChI=1S/C22H24N4O5/c27-18(9-12-26-20(29)22(25-21(26)30)10-1-2-11-22)23-14-15-5-7-16(8-6-15)24-19(28)17-4-3-13-31-17/h3-8,13H,1-2,9-12,14H2,(H,23,27)(H,24,28)(H,25,30). The highest BCUT2D eigenvalue weighted by Crippen LogP contribution is 2.35. The molecular weight excluding hydrogens is 400 g/mol. The van der Waals surface area contributed by atoms with Gasteiger partial charge in [-0.05, 0) is 42.7 Å². The Balaban J connectivity index is 1.22. The smallest absolute Gasteiger partial charge is 0.325 e. The minimum absolute atomic E-state index is 0.0481. The molecule has 1 aromatic heterocycles. The number of nitrogens with one attached hydrogen (secondary N) is 3. The van der Waals surface area contributed by atoms with Crippen LogP contribution in [0.25, 0.3) is 0 Å². The molecule has 3 N–H and O–H groups in total. The van der Waals surface area contributed by atoms with Crippen molar-refractivity contribution in [1.29, 1.82) is 0 Å². The number of furan rings is 1. The zero-order valence-corrected chi connectivity index (χ0v) is 17.0. The molecule has 0 radical (unpaired) electrons. The van der Waals surface area contributed by atoms with Crippen molar-refractivity contribution in [2.45, 2.75) is 44.2 Å². The molecule has 1 saturated heterocycles. The molecule has 9 heteroatoms. The SMILES string of the molecule is O=C(CCN1C(=O)NC2(CCCC2)C1=O)NCc1ccc(NC(=O)c2ccco2)cc1. The lowest BCUT2D eigenvalue weighted by Gasteiger charge is -2.19. The fourth-order valence-corrected chi connectivity index (χ4v) is 4.01. The van der Waals surface area contributed by atoms with E-state index < -0.39 is 11.6 Å². The molecule has 0 bridgehead atoms. The number of anilines is 1. The van der Waals surface area contributed by atoms with E-state index in [0.29, 0.717) is 25.1 Å². The second-order valence-corrected chi connectivity index (χ2v) is 7.83. The van der Waals surface area contributed by atoms with E-state index in [1.54, 1.807) is 36.4 Å². The van der Waals surface area contributed by atoms with E-state index in [1.165, 1.54) is 6.26 Å². The van der Waals surface area contributed by atoms with Gasteiger partial charge < -0.3 is 20.4 Å². The van der Waals surface area contributed by atoms with Gasteiger partial charge in [-0.15, -0.1) is 0 Å². The Morgan fingerprint density at radius 3 is 2.52 bits per heavy atom. The van der Waals surface area contributed by atoms with Crippen LogP contribution in [0.3, 0.4) is 0 Å². The minimum atomic E-state index is -0.748. The first-order valence-electron chi connectivity index (χ1n) is 10.3. The summed E-state index contributed by atoms with van der Waals surface area (Å²) in [6.07, 6.45) is 4.65. The summed E-state index contributed by atoms with van der Waals surface area (Å²) in [7, 11) is 0. The van der Waals surface area contributed by atoms with Crippen LogP contribution in [0.5, 0.6) is 0 Å². The largest absolute Gasteiger partial charge is 0.459 e. The number of urea groups is 1. The highest BCUT2D eigenvalue weighted by Gasteiger charge is 2.52. The van der Waals surface area contributed by atoms with E-state index >= 15 is 0 Å². The van der Waals surface area contributed by atoms with Crippen LogP contribution in [0.4, 0.5) is 10.5 Å². The molecule has 1 aliphatic carbocycles. The fourth-order valence-electron chi connectivity index (χ4n) is 4.01. The molecule has 31 heavy (non-hydrogen) atoms. The Morgan fingerprint density at radius 1 is 1.10 bits per heavy atom. The van der Waals surface area contributed by atoms with Crippen LogP contribution in [0.15, 0.2) is 47.1 Å². The van der Waals surface area contributed by atoms with Crippen LogP contribution >= 0.6 is 0 Å². The number of rotatable bonds is 7. The average Bonchev–Trinajstić information content (AvgIpc) is 3.50. The molecule has 2 heterocycles. The molecule has 2 fully saturated rings. The summed E-state index contributed by atoms with van der Waals surface area (Å²) in [6.45, 7) is 0.366. The van der Waals surface area contributed by atoms with Gasteiger partial charge in [-0.3, -0.25) is 19.3 Å². The predicted octanol–water partition coefficient (Wildman–Crippen LogP) is 2.40. The summed E-state index contributed by atoms with van der Waals surface area (Å²) in [5.74, 6) is -0.579. The number of nitrogens with zero attached hydrogens (tertiary/aromatic N) is 1. The van der Waals surface area contributed by atoms with Gasteiger partial charge in [0.2, 0.25) is 5.91 Å². The molecule has 0 atom stereocenters. The summed E-state index contributed by atoms with van der Waals surface area (Å²) < 4.78 is 5.05. The Labute approximate surface area is 179 Å². The maximum atomic E-state index is 12.6. The molecule has 9 nitrogen and oxygen atoms in total. The van der Waals surface area contributed by atoms with E-state index in [-0.39, 0.29) is 36.4 Å². The number of carbonyl (C=O) groups is 4. The van der Waals surface area contributed by atoms with Crippen LogP contribution in [-0.2, 0) is 16.1 Å². The van der Waals surface area contributed by atoms with Gasteiger partial charge in [0.1, 0.15) is 5.54 Å². The van der Waals surface area contributed by atoms with Crippen molar-refractivity contribution in [1.82, 2.24) is 15.5 Å². The molecule has 2 aliphatic rings. The Kier molecular flexibility index (Phi) is 5.75. The van der Waals surface area contributed by atoms with Crippen molar-refractivity contribution in [2.75, 3.05) is 11.9 Å². The predicted molar refractivity (Wildman–Crippen MR) is 111 cm³/mol. The third kappa shape index (κ3) is 4.45. The maximum absolute atomic E-state index is 12.6. The molecule has 1 spiro atoms. The average molecular weight is 424 g/mol. The van der Waals surface area contributed by atoms with Crippen LogP contribution in [0, 0.1) is 0 Å². The Morgan fingerprint density at radius 2 is 1.84 bits per heavy atom. The van der Waals surface area contributed by atoms with Gasteiger partial charge in [0.25, 0.3) is 11.8 Å². The van der Waals surface area contributed by atoms with E-state index in [2.05, 4.69) is 16.0 Å². The monoisotopic (exact) mass is 424 g/mol. The second-order valence-electron chi connectivity index (χ2n) is 7.83.